The summed E-state index contributed by atoms with van der Waals surface area (Å²) in [5, 5.41) is 9.32. The van der Waals surface area contributed by atoms with Crippen LogP contribution in [0.1, 0.15) is 48.8 Å². The van der Waals surface area contributed by atoms with E-state index >= 15 is 0 Å². The Morgan fingerprint density at radius 1 is 1.19 bits per heavy atom. The van der Waals surface area contributed by atoms with Crippen LogP contribution in [0.25, 0.3) is 0 Å². The molecule has 0 aromatic heterocycles. The lowest BCUT2D eigenvalue weighted by Gasteiger charge is -2.31. The van der Waals surface area contributed by atoms with Crippen LogP contribution in [0, 0.1) is 13.8 Å². The molecule has 0 saturated heterocycles. The van der Waals surface area contributed by atoms with E-state index in [0.29, 0.717) is 10.5 Å². The highest BCUT2D eigenvalue weighted by molar-refractivity contribution is 7.89. The lowest BCUT2D eigenvalue weighted by molar-refractivity contribution is 0.280. The van der Waals surface area contributed by atoms with Crippen molar-refractivity contribution in [3.63, 3.8) is 0 Å². The van der Waals surface area contributed by atoms with Gasteiger partial charge in [0.05, 0.1) is 11.5 Å². The van der Waals surface area contributed by atoms with Crippen LogP contribution in [0.5, 0.6) is 0 Å². The first-order chi connectivity index (χ1) is 9.87. The third kappa shape index (κ3) is 3.30. The smallest absolute Gasteiger partial charge is 0.243 e. The first kappa shape index (κ1) is 16.5. The van der Waals surface area contributed by atoms with Crippen LogP contribution in [-0.2, 0) is 16.6 Å². The number of aliphatic hydroxyl groups excluding tert-OH is 1. The second-order valence-electron chi connectivity index (χ2n) is 6.01. The van der Waals surface area contributed by atoms with Crippen LogP contribution < -0.4 is 0 Å². The highest BCUT2D eigenvalue weighted by Gasteiger charge is 2.30. The molecule has 2 rings (SSSR count). The van der Waals surface area contributed by atoms with Gasteiger partial charge in [-0.1, -0.05) is 25.3 Å². The monoisotopic (exact) mass is 311 g/mol. The Morgan fingerprint density at radius 3 is 2.38 bits per heavy atom. The second-order valence-corrected chi connectivity index (χ2v) is 7.97. The number of hydrogen-bond donors (Lipinski definition) is 1. The number of aryl methyl sites for hydroxylation is 1. The van der Waals surface area contributed by atoms with E-state index in [1.54, 1.807) is 13.1 Å². The largest absolute Gasteiger partial charge is 0.392 e. The topological polar surface area (TPSA) is 57.6 Å². The predicted molar refractivity (Wildman–Crippen MR) is 83.7 cm³/mol. The van der Waals surface area contributed by atoms with E-state index in [1.165, 1.54) is 10.7 Å². The molecule has 1 aromatic rings. The summed E-state index contributed by atoms with van der Waals surface area (Å²) < 4.78 is 27.4. The molecule has 0 radical (unpaired) electrons. The van der Waals surface area contributed by atoms with Gasteiger partial charge in [0, 0.05) is 13.1 Å². The van der Waals surface area contributed by atoms with Crippen molar-refractivity contribution in [1.82, 2.24) is 4.31 Å². The Balaban J connectivity index is 2.40. The number of sulfonamides is 1. The minimum Gasteiger partial charge on any atom is -0.392 e. The lowest BCUT2D eigenvalue weighted by atomic mass is 9.96. The van der Waals surface area contributed by atoms with Crippen LogP contribution in [0.3, 0.4) is 0 Å². The zero-order chi connectivity index (χ0) is 15.6. The molecule has 118 valence electrons. The van der Waals surface area contributed by atoms with Gasteiger partial charge in [-0.3, -0.25) is 0 Å². The van der Waals surface area contributed by atoms with Gasteiger partial charge in [-0.25, -0.2) is 8.42 Å². The summed E-state index contributed by atoms with van der Waals surface area (Å²) in [6, 6.07) is 3.55. The van der Waals surface area contributed by atoms with E-state index in [0.717, 1.165) is 36.8 Å². The summed E-state index contributed by atoms with van der Waals surface area (Å²) in [7, 11) is -1.82. The van der Waals surface area contributed by atoms with Crippen LogP contribution in [0.2, 0.25) is 0 Å². The maximum Gasteiger partial charge on any atom is 0.243 e. The number of rotatable bonds is 4. The highest BCUT2D eigenvalue weighted by atomic mass is 32.2. The molecule has 0 spiro atoms. The third-order valence-corrected chi connectivity index (χ3v) is 6.64. The maximum absolute atomic E-state index is 12.9. The Labute approximate surface area is 127 Å². The van der Waals surface area contributed by atoms with Gasteiger partial charge < -0.3 is 5.11 Å². The van der Waals surface area contributed by atoms with Crippen molar-refractivity contribution in [3.05, 3.63) is 28.8 Å². The number of hydrogen-bond acceptors (Lipinski definition) is 3. The Bertz CT molecular complexity index is 604. The van der Waals surface area contributed by atoms with Gasteiger partial charge in [-0.15, -0.1) is 0 Å². The normalized spacial score (nSPS) is 17.4. The molecule has 21 heavy (non-hydrogen) atoms. The van der Waals surface area contributed by atoms with Gasteiger partial charge in [0.2, 0.25) is 10.0 Å². The molecule has 4 nitrogen and oxygen atoms in total. The second kappa shape index (κ2) is 6.46. The summed E-state index contributed by atoms with van der Waals surface area (Å²) in [5.74, 6) is 0. The van der Waals surface area contributed by atoms with Crippen molar-refractivity contribution in [3.8, 4) is 0 Å². The van der Waals surface area contributed by atoms with Crippen molar-refractivity contribution >= 4 is 10.0 Å². The molecule has 1 N–H and O–H groups in total. The van der Waals surface area contributed by atoms with Gasteiger partial charge >= 0.3 is 0 Å². The molecule has 1 aliphatic carbocycles. The minimum atomic E-state index is -3.50. The fourth-order valence-corrected chi connectivity index (χ4v) is 4.82. The summed E-state index contributed by atoms with van der Waals surface area (Å²) in [5.41, 5.74) is 2.32. The van der Waals surface area contributed by atoms with Gasteiger partial charge in [0.15, 0.2) is 0 Å². The molecule has 0 atom stereocenters. The number of nitrogens with zero attached hydrogens (tertiary/aromatic N) is 1. The van der Waals surface area contributed by atoms with E-state index in [9.17, 15) is 13.5 Å². The Kier molecular flexibility index (Phi) is 5.07. The summed E-state index contributed by atoms with van der Waals surface area (Å²) in [6.45, 7) is 3.57. The van der Waals surface area contributed by atoms with Crippen LogP contribution in [0.15, 0.2) is 17.0 Å². The quantitative estimate of drug-likeness (QED) is 0.930. The molecule has 1 aromatic carbocycles. The molecule has 0 aliphatic heterocycles. The zero-order valence-corrected chi connectivity index (χ0v) is 13.9. The average molecular weight is 311 g/mol. The van der Waals surface area contributed by atoms with Gasteiger partial charge in [-0.05, 0) is 49.4 Å². The molecule has 0 bridgehead atoms. The zero-order valence-electron chi connectivity index (χ0n) is 13.1. The molecule has 0 heterocycles. The van der Waals surface area contributed by atoms with Crippen molar-refractivity contribution in [2.45, 2.75) is 63.5 Å². The fourth-order valence-electron chi connectivity index (χ4n) is 3.05. The maximum atomic E-state index is 12.9. The van der Waals surface area contributed by atoms with Crippen LogP contribution >= 0.6 is 0 Å². The third-order valence-electron chi connectivity index (χ3n) is 4.61. The highest BCUT2D eigenvalue weighted by Crippen LogP contribution is 2.29. The van der Waals surface area contributed by atoms with Gasteiger partial charge in [-0.2, -0.15) is 4.31 Å². The summed E-state index contributed by atoms with van der Waals surface area (Å²) in [4.78, 5) is 0.333. The van der Waals surface area contributed by atoms with E-state index in [-0.39, 0.29) is 12.6 Å². The van der Waals surface area contributed by atoms with Crippen LogP contribution in [-0.4, -0.2) is 30.9 Å². The SMILES string of the molecule is Cc1cc(CO)cc(S(=O)(=O)N(C)C2CCCCC2)c1C. The van der Waals surface area contributed by atoms with Gasteiger partial charge in [0.25, 0.3) is 0 Å². The minimum absolute atomic E-state index is 0.0984. The molecule has 0 amide bonds. The van der Waals surface area contributed by atoms with Crippen LogP contribution in [0.4, 0.5) is 0 Å². The van der Waals surface area contributed by atoms with E-state index < -0.39 is 10.0 Å². The predicted octanol–water partition coefficient (Wildman–Crippen LogP) is 2.75. The standard InChI is InChI=1S/C16H25NO3S/c1-12-9-14(11-18)10-16(13(12)2)21(19,20)17(3)15-7-5-4-6-8-15/h9-10,15,18H,4-8,11H2,1-3H3. The van der Waals surface area contributed by atoms with E-state index in [2.05, 4.69) is 0 Å². The fraction of sp³-hybridized carbons (Fsp3) is 0.625. The van der Waals surface area contributed by atoms with Gasteiger partial charge in [0.1, 0.15) is 0 Å². The molecule has 1 fully saturated rings. The van der Waals surface area contributed by atoms with Crippen molar-refractivity contribution < 1.29 is 13.5 Å². The van der Waals surface area contributed by atoms with E-state index in [4.69, 9.17) is 0 Å². The number of aliphatic hydroxyl groups is 1. The summed E-state index contributed by atoms with van der Waals surface area (Å²) >= 11 is 0. The average Bonchev–Trinajstić information content (AvgIpc) is 2.49. The first-order valence-corrected chi connectivity index (χ1v) is 9.01. The molecule has 0 unspecified atom stereocenters. The Morgan fingerprint density at radius 2 is 1.81 bits per heavy atom. The summed E-state index contributed by atoms with van der Waals surface area (Å²) in [6.07, 6.45) is 5.27. The molecular weight excluding hydrogens is 286 g/mol. The number of benzene rings is 1. The molecule has 1 aliphatic rings. The first-order valence-electron chi connectivity index (χ1n) is 7.57. The molecular formula is C16H25NO3S. The van der Waals surface area contributed by atoms with Crippen molar-refractivity contribution in [2.24, 2.45) is 0 Å². The molecule has 5 heteroatoms. The van der Waals surface area contributed by atoms with Crippen molar-refractivity contribution in [1.29, 1.82) is 0 Å². The van der Waals surface area contributed by atoms with Crippen molar-refractivity contribution in [2.75, 3.05) is 7.05 Å². The molecule has 1 saturated carbocycles. The Hall–Kier alpha value is -0.910. The lowest BCUT2D eigenvalue weighted by Crippen LogP contribution is -2.38. The van der Waals surface area contributed by atoms with E-state index in [1.807, 2.05) is 19.9 Å².